The molecule has 2 spiro atoms. The van der Waals surface area contributed by atoms with E-state index in [1.807, 2.05) is 12.1 Å². The number of hydrogen-bond acceptors (Lipinski definition) is 8. The van der Waals surface area contributed by atoms with Gasteiger partial charge in [0.1, 0.15) is 18.0 Å². The minimum atomic E-state index is -0.477. The first kappa shape index (κ1) is 26.5. The second-order valence-electron chi connectivity index (χ2n) is 11.7. The maximum absolute atomic E-state index is 13.6. The molecule has 3 heterocycles. The highest BCUT2D eigenvalue weighted by molar-refractivity contribution is 6.31. The van der Waals surface area contributed by atoms with Crippen molar-refractivity contribution in [3.05, 3.63) is 47.5 Å². The van der Waals surface area contributed by atoms with Gasteiger partial charge < -0.3 is 24.3 Å². The third-order valence-electron chi connectivity index (χ3n) is 7.99. The highest BCUT2D eigenvalue weighted by Crippen LogP contribution is 2.61. The van der Waals surface area contributed by atoms with Gasteiger partial charge in [0.05, 0.1) is 44.0 Å². The summed E-state index contributed by atoms with van der Waals surface area (Å²) >= 11 is 5.95. The predicted octanol–water partition coefficient (Wildman–Crippen LogP) is 5.81. The molecule has 1 N–H and O–H groups in total. The lowest BCUT2D eigenvalue weighted by atomic mass is 9.91. The Morgan fingerprint density at radius 1 is 1.08 bits per heavy atom. The van der Waals surface area contributed by atoms with Crippen molar-refractivity contribution in [3.8, 4) is 11.5 Å². The second-order valence-corrected chi connectivity index (χ2v) is 12.1. The lowest BCUT2D eigenvalue weighted by Gasteiger charge is -2.44. The van der Waals surface area contributed by atoms with E-state index < -0.39 is 11.6 Å². The van der Waals surface area contributed by atoms with E-state index in [0.29, 0.717) is 35.1 Å². The van der Waals surface area contributed by atoms with Gasteiger partial charge in [-0.15, -0.1) is 0 Å². The SMILES string of the molecule is COc1cc2ncnc(Nc3ccc(F)c(Cl)c3)c2cc1OCCCN1CC2(CC2)C2(C1)OCC(C)(C)CO2. The maximum Gasteiger partial charge on any atom is 0.187 e. The molecular formula is C29H34ClFN4O4. The molecule has 1 aliphatic carbocycles. The molecule has 208 valence electrons. The average molecular weight is 557 g/mol. The molecule has 2 aromatic carbocycles. The number of likely N-dealkylation sites (tertiary alicyclic amines) is 1. The molecule has 8 nitrogen and oxygen atoms in total. The first-order chi connectivity index (χ1) is 18.7. The Balaban J connectivity index is 1.11. The summed E-state index contributed by atoms with van der Waals surface area (Å²) < 4.78 is 38.2. The number of halogens is 2. The van der Waals surface area contributed by atoms with Gasteiger partial charge in [0.15, 0.2) is 17.3 Å². The van der Waals surface area contributed by atoms with Crippen LogP contribution in [0.2, 0.25) is 5.02 Å². The number of methoxy groups -OCH3 is 1. The smallest absolute Gasteiger partial charge is 0.187 e. The summed E-state index contributed by atoms with van der Waals surface area (Å²) in [4.78, 5) is 11.2. The highest BCUT2D eigenvalue weighted by atomic mass is 35.5. The average Bonchev–Trinajstić information content (AvgIpc) is 3.64. The molecule has 39 heavy (non-hydrogen) atoms. The topological polar surface area (TPSA) is 78.0 Å². The Kier molecular flexibility index (Phi) is 6.82. The third kappa shape index (κ3) is 5.13. The number of rotatable bonds is 8. The molecule has 3 aliphatic rings. The quantitative estimate of drug-likeness (QED) is 0.348. The molecule has 1 aromatic heterocycles. The standard InChI is InChI=1S/C29H34ClFN4O4/c1-27(2)16-38-29(39-17-27)15-35(14-28(29)7-8-28)9-4-10-37-25-12-20-23(13-24(25)36-3)32-18-33-26(20)34-19-5-6-22(31)21(30)11-19/h5-6,11-13,18H,4,7-10,14-17H2,1-3H3,(H,32,33,34). The summed E-state index contributed by atoms with van der Waals surface area (Å²) in [6.07, 6.45) is 4.64. The molecule has 10 heteroatoms. The van der Waals surface area contributed by atoms with E-state index in [-0.39, 0.29) is 15.9 Å². The van der Waals surface area contributed by atoms with Crippen molar-refractivity contribution >= 4 is 34.0 Å². The van der Waals surface area contributed by atoms with Crippen molar-refractivity contribution in [2.45, 2.75) is 38.9 Å². The van der Waals surface area contributed by atoms with Crippen LogP contribution in [-0.4, -0.2) is 67.2 Å². The summed E-state index contributed by atoms with van der Waals surface area (Å²) in [5.74, 6) is 0.832. The predicted molar refractivity (Wildman–Crippen MR) is 147 cm³/mol. The minimum Gasteiger partial charge on any atom is -0.493 e. The van der Waals surface area contributed by atoms with Crippen LogP contribution in [0.4, 0.5) is 15.9 Å². The number of ether oxygens (including phenoxy) is 4. The van der Waals surface area contributed by atoms with Crippen molar-refractivity contribution in [1.82, 2.24) is 14.9 Å². The zero-order valence-corrected chi connectivity index (χ0v) is 23.3. The molecule has 3 aromatic rings. The Hall–Kier alpha value is -2.72. The zero-order valence-electron chi connectivity index (χ0n) is 22.6. The first-order valence-electron chi connectivity index (χ1n) is 13.4. The Morgan fingerprint density at radius 3 is 2.59 bits per heavy atom. The van der Waals surface area contributed by atoms with E-state index in [0.717, 1.165) is 57.5 Å². The van der Waals surface area contributed by atoms with Gasteiger partial charge in [0.25, 0.3) is 0 Å². The molecule has 0 atom stereocenters. The van der Waals surface area contributed by atoms with Crippen LogP contribution in [0, 0.1) is 16.6 Å². The molecule has 0 radical (unpaired) electrons. The number of nitrogens with one attached hydrogen (secondary N) is 1. The lowest BCUT2D eigenvalue weighted by molar-refractivity contribution is -0.314. The Morgan fingerprint density at radius 2 is 1.87 bits per heavy atom. The van der Waals surface area contributed by atoms with Gasteiger partial charge in [-0.3, -0.25) is 4.90 Å². The molecule has 2 aliphatic heterocycles. The lowest BCUT2D eigenvalue weighted by Crippen LogP contribution is -2.53. The summed E-state index contributed by atoms with van der Waals surface area (Å²) in [5, 5.41) is 3.99. The van der Waals surface area contributed by atoms with Gasteiger partial charge >= 0.3 is 0 Å². The van der Waals surface area contributed by atoms with Crippen LogP contribution in [-0.2, 0) is 9.47 Å². The summed E-state index contributed by atoms with van der Waals surface area (Å²) in [7, 11) is 1.61. The molecule has 0 unspecified atom stereocenters. The largest absolute Gasteiger partial charge is 0.493 e. The Labute approximate surface area is 232 Å². The van der Waals surface area contributed by atoms with Crippen LogP contribution in [0.1, 0.15) is 33.1 Å². The summed E-state index contributed by atoms with van der Waals surface area (Å²) in [6.45, 7) is 9.09. The number of benzene rings is 2. The van der Waals surface area contributed by atoms with Gasteiger partial charge in [-0.1, -0.05) is 25.4 Å². The van der Waals surface area contributed by atoms with Gasteiger partial charge in [-0.25, -0.2) is 14.4 Å². The monoisotopic (exact) mass is 556 g/mol. The van der Waals surface area contributed by atoms with Crippen LogP contribution >= 0.6 is 11.6 Å². The zero-order chi connectivity index (χ0) is 27.3. The van der Waals surface area contributed by atoms with Crippen molar-refractivity contribution < 1.29 is 23.3 Å². The fraction of sp³-hybridized carbons (Fsp3) is 0.517. The highest BCUT2D eigenvalue weighted by Gasteiger charge is 2.68. The van der Waals surface area contributed by atoms with E-state index in [2.05, 4.69) is 34.0 Å². The van der Waals surface area contributed by atoms with Gasteiger partial charge in [-0.05, 0) is 43.5 Å². The van der Waals surface area contributed by atoms with Gasteiger partial charge in [-0.2, -0.15) is 0 Å². The van der Waals surface area contributed by atoms with E-state index in [1.165, 1.54) is 18.5 Å². The van der Waals surface area contributed by atoms with E-state index in [9.17, 15) is 4.39 Å². The van der Waals surface area contributed by atoms with Crippen LogP contribution in [0.3, 0.4) is 0 Å². The number of fused-ring (bicyclic) bond motifs is 2. The van der Waals surface area contributed by atoms with Crippen molar-refractivity contribution in [3.63, 3.8) is 0 Å². The summed E-state index contributed by atoms with van der Waals surface area (Å²) in [6, 6.07) is 8.14. The van der Waals surface area contributed by atoms with Crippen LogP contribution in [0.15, 0.2) is 36.7 Å². The van der Waals surface area contributed by atoms with E-state index in [4.69, 9.17) is 30.5 Å². The molecule has 6 rings (SSSR count). The fourth-order valence-electron chi connectivity index (χ4n) is 5.64. The van der Waals surface area contributed by atoms with Crippen LogP contribution in [0.5, 0.6) is 11.5 Å². The Bertz CT molecular complexity index is 1370. The van der Waals surface area contributed by atoms with Gasteiger partial charge in [0.2, 0.25) is 0 Å². The number of anilines is 2. The van der Waals surface area contributed by atoms with E-state index in [1.54, 1.807) is 13.2 Å². The first-order valence-corrected chi connectivity index (χ1v) is 13.8. The van der Waals surface area contributed by atoms with Gasteiger partial charge in [0, 0.05) is 41.1 Å². The molecule has 2 saturated heterocycles. The molecule has 0 amide bonds. The minimum absolute atomic E-state index is 0.0334. The van der Waals surface area contributed by atoms with E-state index >= 15 is 0 Å². The van der Waals surface area contributed by atoms with Crippen LogP contribution in [0.25, 0.3) is 10.9 Å². The number of nitrogens with zero attached hydrogens (tertiary/aromatic N) is 3. The van der Waals surface area contributed by atoms with Crippen LogP contribution < -0.4 is 14.8 Å². The van der Waals surface area contributed by atoms with Crippen molar-refractivity contribution in [1.29, 1.82) is 0 Å². The normalized spacial score (nSPS) is 20.9. The molecule has 3 fully saturated rings. The second kappa shape index (κ2) is 10.0. The third-order valence-corrected chi connectivity index (χ3v) is 8.28. The fourth-order valence-corrected chi connectivity index (χ4v) is 5.82. The number of hydrogen-bond donors (Lipinski definition) is 1. The van der Waals surface area contributed by atoms with Crippen molar-refractivity contribution in [2.75, 3.05) is 51.9 Å². The number of aromatic nitrogens is 2. The maximum atomic E-state index is 13.6. The van der Waals surface area contributed by atoms with Crippen molar-refractivity contribution in [2.24, 2.45) is 10.8 Å². The molecule has 1 saturated carbocycles. The molecular weight excluding hydrogens is 523 g/mol. The summed E-state index contributed by atoms with van der Waals surface area (Å²) in [5.41, 5.74) is 1.52. The molecule has 0 bridgehead atoms.